The van der Waals surface area contributed by atoms with Crippen molar-refractivity contribution in [3.63, 3.8) is 0 Å². The Morgan fingerprint density at radius 3 is 1.00 bits per heavy atom. The van der Waals surface area contributed by atoms with Crippen LogP contribution in [0.15, 0.2) is 0 Å². The molecule has 0 bridgehead atoms. The Morgan fingerprint density at radius 2 is 1.00 bits per heavy atom. The smallest absolute Gasteiger partial charge is 0 e. The second-order valence-corrected chi connectivity index (χ2v) is 0. The molecule has 0 saturated heterocycles. The van der Waals surface area contributed by atoms with Gasteiger partial charge in [0.1, 0.15) is 0 Å². The molecule has 0 unspecified atom stereocenters. The Balaban J connectivity index is 0. The summed E-state index contributed by atoms with van der Waals surface area (Å²) >= 11 is 0. The van der Waals surface area contributed by atoms with Crippen LogP contribution in [0.4, 0.5) is 0 Å². The van der Waals surface area contributed by atoms with Crippen LogP contribution in [0.2, 0.25) is 0 Å². The molecule has 4 heavy (non-hydrogen) atoms. The largest absolute Gasteiger partial charge is 0 e. The molecular formula is H7CoInSnTi. The first-order valence-electron chi connectivity index (χ1n) is 0. The average molecular weight is 347 g/mol. The zero-order valence-corrected chi connectivity index (χ0v) is 3.44. The third-order valence-electron chi connectivity index (χ3n) is 0. The van der Waals surface area contributed by atoms with Crippen molar-refractivity contribution in [2.24, 2.45) is 0 Å². The van der Waals surface area contributed by atoms with Crippen molar-refractivity contribution in [2.45, 2.75) is 0 Å². The molecule has 0 aromatic rings. The molecule has 0 saturated carbocycles. The molecule has 0 aliphatic rings. The first-order valence-corrected chi connectivity index (χ1v) is 0. The molecule has 0 heterocycles. The molecule has 1 radical (unpaired) electrons. The van der Waals surface area contributed by atoms with E-state index in [1.807, 2.05) is 0 Å². The summed E-state index contributed by atoms with van der Waals surface area (Å²) in [6.45, 7) is 0. The number of hydrogen-bond donors (Lipinski definition) is 0. The molecule has 0 rings (SSSR count). The fourth-order valence-electron chi connectivity index (χ4n) is 0. The van der Waals surface area contributed by atoms with Gasteiger partial charge in [0, 0.05) is 38.5 Å². The Kier molecular flexibility index (Phi) is 121. The van der Waals surface area contributed by atoms with E-state index in [0.717, 1.165) is 0 Å². The fourth-order valence-corrected chi connectivity index (χ4v) is 0. The van der Waals surface area contributed by atoms with E-state index < -0.39 is 0 Å². The van der Waals surface area contributed by atoms with E-state index in [-0.39, 0.29) is 88.2 Å². The van der Waals surface area contributed by atoms with Gasteiger partial charge in [-0.2, -0.15) is 0 Å². The maximum absolute atomic E-state index is 0. The van der Waals surface area contributed by atoms with Crippen molar-refractivity contribution in [3.8, 4) is 0 Å². The molecule has 0 atom stereocenters. The molecule has 4 heteroatoms. The monoisotopic (exact) mass is 349 g/mol. The van der Waals surface area contributed by atoms with Gasteiger partial charge < -0.3 is 0 Å². The van der Waals surface area contributed by atoms with Crippen molar-refractivity contribution >= 4 is 49.8 Å². The predicted molar refractivity (Wildman–Crippen MR) is 21.3 cm³/mol. The van der Waals surface area contributed by atoms with Crippen molar-refractivity contribution < 1.29 is 38.5 Å². The summed E-state index contributed by atoms with van der Waals surface area (Å²) in [6.07, 6.45) is 0. The molecule has 0 amide bonds. The van der Waals surface area contributed by atoms with Crippen LogP contribution in [-0.4, -0.2) is 49.8 Å². The summed E-state index contributed by atoms with van der Waals surface area (Å²) in [7, 11) is 0. The Morgan fingerprint density at radius 1 is 1.00 bits per heavy atom. The minimum Gasteiger partial charge on any atom is 0 e. The third kappa shape index (κ3) is 8.86. The quantitative estimate of drug-likeness (QED) is 0.421. The normalized spacial score (nSPS) is 0. The Labute approximate surface area is 86.7 Å². The predicted octanol–water partition coefficient (Wildman–Crippen LogP) is -2.64. The van der Waals surface area contributed by atoms with E-state index in [1.54, 1.807) is 0 Å². The Hall–Kier alpha value is 2.89. The minimum absolute atomic E-state index is 0. The first-order chi connectivity index (χ1) is 0. The summed E-state index contributed by atoms with van der Waals surface area (Å²) in [6, 6.07) is 0. The second-order valence-electron chi connectivity index (χ2n) is 0. The van der Waals surface area contributed by atoms with E-state index in [4.69, 9.17) is 0 Å². The van der Waals surface area contributed by atoms with Gasteiger partial charge in [-0.1, -0.05) is 0 Å². The standard InChI is InChI=1S/Co.In.Sn.Ti.7H. The van der Waals surface area contributed by atoms with E-state index in [9.17, 15) is 0 Å². The van der Waals surface area contributed by atoms with Gasteiger partial charge in [0.05, 0.1) is 0 Å². The summed E-state index contributed by atoms with van der Waals surface area (Å²) < 4.78 is 0. The van der Waals surface area contributed by atoms with Gasteiger partial charge in [-0.15, -0.1) is 0 Å². The first kappa shape index (κ1) is 28.6. The van der Waals surface area contributed by atoms with Crippen LogP contribution in [-0.2, 0) is 38.5 Å². The average Bonchev–Trinajstić information content (AvgIpc) is 0. The molecule has 27 valence electrons. The molecule has 0 aromatic heterocycles. The topological polar surface area (TPSA) is 0 Å². The SMILES string of the molecule is [Co].[InH3].[SnH4].[Ti]. The van der Waals surface area contributed by atoms with Crippen LogP contribution in [0.5, 0.6) is 0 Å². The molecule has 0 nitrogen and oxygen atoms in total. The van der Waals surface area contributed by atoms with E-state index in [1.165, 1.54) is 0 Å². The molecule has 0 aliphatic carbocycles. The zero-order chi connectivity index (χ0) is 0. The van der Waals surface area contributed by atoms with Gasteiger partial charge in [-0.25, -0.2) is 0 Å². The summed E-state index contributed by atoms with van der Waals surface area (Å²) in [4.78, 5) is 0. The summed E-state index contributed by atoms with van der Waals surface area (Å²) in [5.74, 6) is 0. The second kappa shape index (κ2) is 16.9. The van der Waals surface area contributed by atoms with Gasteiger partial charge in [0.2, 0.25) is 0 Å². The zero-order valence-electron chi connectivity index (χ0n) is 0.833. The summed E-state index contributed by atoms with van der Waals surface area (Å²) in [5.41, 5.74) is 0. The van der Waals surface area contributed by atoms with Gasteiger partial charge in [0.25, 0.3) is 0 Å². The molecular weight excluding hydrogens is 340 g/mol. The van der Waals surface area contributed by atoms with Crippen LogP contribution in [0.1, 0.15) is 0 Å². The van der Waals surface area contributed by atoms with Crippen molar-refractivity contribution in [1.82, 2.24) is 0 Å². The van der Waals surface area contributed by atoms with E-state index in [0.29, 0.717) is 0 Å². The maximum atomic E-state index is 0. The van der Waals surface area contributed by atoms with Crippen molar-refractivity contribution in [2.75, 3.05) is 0 Å². The van der Waals surface area contributed by atoms with Crippen LogP contribution in [0.3, 0.4) is 0 Å². The van der Waals surface area contributed by atoms with Gasteiger partial charge >= 0.3 is 49.8 Å². The fraction of sp³-hybridized carbons (Fsp3) is 0. The van der Waals surface area contributed by atoms with E-state index >= 15 is 0 Å². The van der Waals surface area contributed by atoms with E-state index in [2.05, 4.69) is 0 Å². The van der Waals surface area contributed by atoms with Crippen LogP contribution in [0.25, 0.3) is 0 Å². The van der Waals surface area contributed by atoms with Crippen LogP contribution >= 0.6 is 0 Å². The molecule has 0 N–H and O–H groups in total. The van der Waals surface area contributed by atoms with Gasteiger partial charge in [0.15, 0.2) is 0 Å². The molecule has 0 spiro atoms. The number of hydrogen-bond acceptors (Lipinski definition) is 0. The van der Waals surface area contributed by atoms with Crippen LogP contribution in [0, 0.1) is 0 Å². The summed E-state index contributed by atoms with van der Waals surface area (Å²) in [5, 5.41) is 0. The Bertz CT molecular complexity index is 8.00. The van der Waals surface area contributed by atoms with Crippen molar-refractivity contribution in [3.05, 3.63) is 0 Å². The molecule has 0 fully saturated rings. The van der Waals surface area contributed by atoms with Crippen LogP contribution < -0.4 is 0 Å². The van der Waals surface area contributed by atoms with Gasteiger partial charge in [-0.3, -0.25) is 0 Å². The number of rotatable bonds is 0. The van der Waals surface area contributed by atoms with Gasteiger partial charge in [-0.05, 0) is 0 Å². The maximum Gasteiger partial charge on any atom is 0 e. The third-order valence-corrected chi connectivity index (χ3v) is 0. The molecule has 0 aromatic carbocycles. The van der Waals surface area contributed by atoms with Crippen molar-refractivity contribution in [1.29, 1.82) is 0 Å². The minimum atomic E-state index is 0. The molecule has 0 aliphatic heterocycles.